The Balaban J connectivity index is 1.74. The maximum Gasteiger partial charge on any atom is 0.251 e. The van der Waals surface area contributed by atoms with Gasteiger partial charge in [0.2, 0.25) is 5.91 Å². The first-order valence-corrected chi connectivity index (χ1v) is 9.46. The molecule has 0 unspecified atom stereocenters. The van der Waals surface area contributed by atoms with Crippen LogP contribution in [0.25, 0.3) is 0 Å². The molecule has 0 bridgehead atoms. The third-order valence-corrected chi connectivity index (χ3v) is 5.25. The minimum absolute atomic E-state index is 0.0750. The number of carbonyl (C=O) groups is 2. The van der Waals surface area contributed by atoms with Gasteiger partial charge in [0, 0.05) is 18.7 Å². The van der Waals surface area contributed by atoms with Gasteiger partial charge in [0.1, 0.15) is 5.82 Å². The summed E-state index contributed by atoms with van der Waals surface area (Å²) in [6.45, 7) is 2.77. The van der Waals surface area contributed by atoms with Crippen molar-refractivity contribution in [2.24, 2.45) is 0 Å². The second-order valence-corrected chi connectivity index (χ2v) is 7.04. The van der Waals surface area contributed by atoms with Crippen LogP contribution in [0.4, 0.5) is 4.39 Å². The maximum atomic E-state index is 13.7. The normalized spacial score (nSPS) is 15.3. The number of rotatable bonds is 6. The minimum atomic E-state index is -0.667. The second kappa shape index (κ2) is 8.33. The van der Waals surface area contributed by atoms with Gasteiger partial charge in [0.05, 0.1) is 5.41 Å². The summed E-state index contributed by atoms with van der Waals surface area (Å²) in [5.74, 6) is -0.520. The Labute approximate surface area is 159 Å². The van der Waals surface area contributed by atoms with Crippen molar-refractivity contribution < 1.29 is 14.0 Å². The lowest BCUT2D eigenvalue weighted by atomic mass is 9.78. The first kappa shape index (κ1) is 19.1. The summed E-state index contributed by atoms with van der Waals surface area (Å²) >= 11 is 0. The first-order valence-electron chi connectivity index (χ1n) is 9.46. The number of carbonyl (C=O) groups excluding carboxylic acids is 2. The third kappa shape index (κ3) is 4.18. The van der Waals surface area contributed by atoms with E-state index in [1.807, 2.05) is 25.1 Å². The van der Waals surface area contributed by atoms with Crippen LogP contribution in [0.2, 0.25) is 0 Å². The lowest BCUT2D eigenvalue weighted by molar-refractivity contribution is -0.126. The Hall–Kier alpha value is -2.69. The lowest BCUT2D eigenvalue weighted by Gasteiger charge is -2.28. The Kier molecular flexibility index (Phi) is 5.89. The summed E-state index contributed by atoms with van der Waals surface area (Å²) in [6.07, 6.45) is 3.36. The van der Waals surface area contributed by atoms with E-state index in [4.69, 9.17) is 0 Å². The average Bonchev–Trinajstić information content (AvgIpc) is 3.18. The second-order valence-electron chi connectivity index (χ2n) is 7.04. The molecule has 0 heterocycles. The zero-order valence-electron chi connectivity index (χ0n) is 15.6. The van der Waals surface area contributed by atoms with Gasteiger partial charge in [-0.05, 0) is 55.2 Å². The molecule has 142 valence electrons. The Morgan fingerprint density at radius 3 is 2.48 bits per heavy atom. The predicted molar refractivity (Wildman–Crippen MR) is 103 cm³/mol. The van der Waals surface area contributed by atoms with Crippen LogP contribution < -0.4 is 10.6 Å². The predicted octanol–water partition coefficient (Wildman–Crippen LogP) is 3.70. The molecule has 0 atom stereocenters. The topological polar surface area (TPSA) is 58.2 Å². The number of hydrogen-bond donors (Lipinski definition) is 2. The molecule has 0 radical (unpaired) electrons. The van der Waals surface area contributed by atoms with Crippen LogP contribution in [0.3, 0.4) is 0 Å². The first-order chi connectivity index (χ1) is 13.0. The van der Waals surface area contributed by atoms with Crippen LogP contribution >= 0.6 is 0 Å². The van der Waals surface area contributed by atoms with Gasteiger partial charge in [-0.25, -0.2) is 4.39 Å². The van der Waals surface area contributed by atoms with Gasteiger partial charge >= 0.3 is 0 Å². The molecule has 3 rings (SSSR count). The van der Waals surface area contributed by atoms with Gasteiger partial charge < -0.3 is 10.6 Å². The van der Waals surface area contributed by atoms with Crippen molar-refractivity contribution in [1.82, 2.24) is 10.6 Å². The minimum Gasteiger partial charge on any atom is -0.352 e. The van der Waals surface area contributed by atoms with E-state index in [1.165, 1.54) is 12.1 Å². The molecule has 0 aliphatic heterocycles. The maximum absolute atomic E-state index is 13.7. The van der Waals surface area contributed by atoms with Gasteiger partial charge in [-0.2, -0.15) is 0 Å². The van der Waals surface area contributed by atoms with E-state index in [9.17, 15) is 14.0 Å². The van der Waals surface area contributed by atoms with E-state index in [0.29, 0.717) is 18.7 Å². The number of hydrogen-bond acceptors (Lipinski definition) is 2. The molecule has 5 heteroatoms. The van der Waals surface area contributed by atoms with Gasteiger partial charge in [0.15, 0.2) is 0 Å². The van der Waals surface area contributed by atoms with Crippen molar-refractivity contribution in [2.45, 2.75) is 44.6 Å². The molecular weight excluding hydrogens is 343 g/mol. The standard InChI is InChI=1S/C22H25FN2O2/c1-2-24-20(26)17-8-5-7-16(13-17)15-25-21(27)22(11-3-4-12-22)18-9-6-10-19(23)14-18/h5-10,13-14H,2-4,11-12,15H2,1H3,(H,24,26)(H,25,27). The van der Waals surface area contributed by atoms with Crippen LogP contribution in [0.1, 0.15) is 54.1 Å². The van der Waals surface area contributed by atoms with Crippen LogP contribution in [0, 0.1) is 5.82 Å². The summed E-state index contributed by atoms with van der Waals surface area (Å²) in [5, 5.41) is 5.77. The summed E-state index contributed by atoms with van der Waals surface area (Å²) in [6, 6.07) is 13.6. The third-order valence-electron chi connectivity index (χ3n) is 5.25. The van der Waals surface area contributed by atoms with Crippen LogP contribution in [-0.2, 0) is 16.8 Å². The number of benzene rings is 2. The zero-order chi connectivity index (χ0) is 19.3. The molecule has 2 N–H and O–H groups in total. The van der Waals surface area contributed by atoms with E-state index in [2.05, 4.69) is 10.6 Å². The smallest absolute Gasteiger partial charge is 0.251 e. The van der Waals surface area contributed by atoms with Crippen LogP contribution in [-0.4, -0.2) is 18.4 Å². The van der Waals surface area contributed by atoms with Crippen molar-refractivity contribution in [3.63, 3.8) is 0 Å². The summed E-state index contributed by atoms with van der Waals surface area (Å²) in [7, 11) is 0. The van der Waals surface area contributed by atoms with Gasteiger partial charge in [-0.15, -0.1) is 0 Å². The molecule has 4 nitrogen and oxygen atoms in total. The largest absolute Gasteiger partial charge is 0.352 e. The highest BCUT2D eigenvalue weighted by molar-refractivity contribution is 5.94. The quantitative estimate of drug-likeness (QED) is 0.817. The average molecular weight is 368 g/mol. The summed E-state index contributed by atoms with van der Waals surface area (Å²) in [5.41, 5.74) is 1.51. The number of nitrogens with one attached hydrogen (secondary N) is 2. The SMILES string of the molecule is CCNC(=O)c1cccc(CNC(=O)C2(c3cccc(F)c3)CCCC2)c1. The van der Waals surface area contributed by atoms with Gasteiger partial charge in [0.25, 0.3) is 5.91 Å². The molecule has 1 saturated carbocycles. The monoisotopic (exact) mass is 368 g/mol. The van der Waals surface area contributed by atoms with E-state index in [-0.39, 0.29) is 17.6 Å². The van der Waals surface area contributed by atoms with Crippen LogP contribution in [0.5, 0.6) is 0 Å². The highest BCUT2D eigenvalue weighted by Crippen LogP contribution is 2.41. The van der Waals surface area contributed by atoms with Gasteiger partial charge in [-0.3, -0.25) is 9.59 Å². The Morgan fingerprint density at radius 1 is 1.04 bits per heavy atom. The van der Waals surface area contributed by atoms with E-state index < -0.39 is 5.41 Å². The molecule has 2 amide bonds. The molecule has 2 aromatic carbocycles. The molecular formula is C22H25FN2O2. The van der Waals surface area contributed by atoms with E-state index in [1.54, 1.807) is 18.2 Å². The van der Waals surface area contributed by atoms with E-state index in [0.717, 1.165) is 36.8 Å². The molecule has 1 aliphatic rings. The molecule has 0 aromatic heterocycles. The fraction of sp³-hybridized carbons (Fsp3) is 0.364. The van der Waals surface area contributed by atoms with E-state index >= 15 is 0 Å². The molecule has 0 spiro atoms. The fourth-order valence-electron chi connectivity index (χ4n) is 3.85. The Morgan fingerprint density at radius 2 is 1.78 bits per heavy atom. The van der Waals surface area contributed by atoms with Crippen molar-refractivity contribution in [3.05, 3.63) is 71.0 Å². The number of amides is 2. The lowest BCUT2D eigenvalue weighted by Crippen LogP contribution is -2.42. The number of halogens is 1. The van der Waals surface area contributed by atoms with Crippen molar-refractivity contribution in [3.8, 4) is 0 Å². The molecule has 0 saturated heterocycles. The molecule has 2 aromatic rings. The summed E-state index contributed by atoms with van der Waals surface area (Å²) in [4.78, 5) is 25.0. The summed E-state index contributed by atoms with van der Waals surface area (Å²) < 4.78 is 13.7. The fourth-order valence-corrected chi connectivity index (χ4v) is 3.85. The Bertz CT molecular complexity index is 829. The highest BCUT2D eigenvalue weighted by atomic mass is 19.1. The highest BCUT2D eigenvalue weighted by Gasteiger charge is 2.42. The van der Waals surface area contributed by atoms with Crippen molar-refractivity contribution in [2.75, 3.05) is 6.54 Å². The zero-order valence-corrected chi connectivity index (χ0v) is 15.6. The van der Waals surface area contributed by atoms with Crippen molar-refractivity contribution in [1.29, 1.82) is 0 Å². The molecule has 27 heavy (non-hydrogen) atoms. The van der Waals surface area contributed by atoms with Crippen LogP contribution in [0.15, 0.2) is 48.5 Å². The molecule has 1 fully saturated rings. The van der Waals surface area contributed by atoms with Gasteiger partial charge in [-0.1, -0.05) is 37.1 Å². The van der Waals surface area contributed by atoms with Crippen molar-refractivity contribution >= 4 is 11.8 Å². The molecule has 1 aliphatic carbocycles.